The summed E-state index contributed by atoms with van der Waals surface area (Å²) >= 11 is 0. The summed E-state index contributed by atoms with van der Waals surface area (Å²) in [6.07, 6.45) is 2.55. The molecule has 0 aliphatic rings. The van der Waals surface area contributed by atoms with Crippen molar-refractivity contribution in [2.24, 2.45) is 12.2 Å². The molecule has 7 nitrogen and oxygen atoms in total. The van der Waals surface area contributed by atoms with E-state index in [9.17, 15) is 0 Å². The van der Waals surface area contributed by atoms with Crippen molar-refractivity contribution in [3.63, 3.8) is 0 Å². The summed E-state index contributed by atoms with van der Waals surface area (Å²) in [7, 11) is 1.83. The van der Waals surface area contributed by atoms with Gasteiger partial charge in [0, 0.05) is 30.3 Å². The molecule has 0 bridgehead atoms. The van der Waals surface area contributed by atoms with Gasteiger partial charge in [0.25, 0.3) is 0 Å². The molecular weight excluding hydrogens is 218 g/mol. The number of azide groups is 1. The van der Waals surface area contributed by atoms with Gasteiger partial charge in [-0.05, 0) is 25.4 Å². The van der Waals surface area contributed by atoms with Crippen LogP contribution in [0.2, 0.25) is 0 Å². The van der Waals surface area contributed by atoms with Crippen LogP contribution in [-0.4, -0.2) is 22.9 Å². The van der Waals surface area contributed by atoms with Gasteiger partial charge in [-0.25, -0.2) is 0 Å². The molecule has 7 heteroatoms. The fraction of sp³-hybridized carbons (Fsp3) is 0.600. The summed E-state index contributed by atoms with van der Waals surface area (Å²) in [6.45, 7) is 2.95. The number of aryl methyl sites for hydroxylation is 2. The Hall–Kier alpha value is -2.03. The van der Waals surface area contributed by atoms with Crippen LogP contribution >= 0.6 is 0 Å². The summed E-state index contributed by atoms with van der Waals surface area (Å²) in [6, 6.07) is 1.83. The molecule has 0 aliphatic carbocycles. The molecule has 1 rings (SSSR count). The van der Waals surface area contributed by atoms with E-state index in [1.807, 2.05) is 20.2 Å². The van der Waals surface area contributed by atoms with Crippen LogP contribution in [0, 0.1) is 18.3 Å². The minimum absolute atomic E-state index is 0.366. The number of nitrogens with zero attached hydrogens (tertiary/aromatic N) is 6. The molecule has 1 heterocycles. The molecule has 0 radical (unpaired) electrons. The Labute approximate surface area is 99.7 Å². The molecule has 1 N–H and O–H groups in total. The highest BCUT2D eigenvalue weighted by atomic mass is 15.3. The van der Waals surface area contributed by atoms with Crippen molar-refractivity contribution in [1.29, 1.82) is 5.26 Å². The van der Waals surface area contributed by atoms with E-state index in [0.29, 0.717) is 19.5 Å². The minimum atomic E-state index is -0.366. The van der Waals surface area contributed by atoms with E-state index in [1.165, 1.54) is 0 Å². The first-order valence-corrected chi connectivity index (χ1v) is 5.33. The van der Waals surface area contributed by atoms with E-state index >= 15 is 0 Å². The van der Waals surface area contributed by atoms with Crippen LogP contribution in [0.15, 0.2) is 11.3 Å². The first kappa shape index (κ1) is 13.0. The van der Waals surface area contributed by atoms with Crippen molar-refractivity contribution >= 4 is 0 Å². The van der Waals surface area contributed by atoms with Gasteiger partial charge in [0.2, 0.25) is 0 Å². The third-order valence-corrected chi connectivity index (χ3v) is 2.34. The van der Waals surface area contributed by atoms with Crippen molar-refractivity contribution in [2.75, 3.05) is 13.1 Å². The molecule has 0 saturated carbocycles. The Balaban J connectivity index is 2.52. The Morgan fingerprint density at radius 3 is 3.06 bits per heavy atom. The van der Waals surface area contributed by atoms with Crippen LogP contribution in [0.4, 0.5) is 0 Å². The van der Waals surface area contributed by atoms with E-state index in [2.05, 4.69) is 26.5 Å². The van der Waals surface area contributed by atoms with E-state index in [-0.39, 0.29) is 6.04 Å². The Kier molecular flexibility index (Phi) is 5.01. The molecule has 0 spiro atoms. The number of aromatic nitrogens is 2. The van der Waals surface area contributed by atoms with Gasteiger partial charge in [0.1, 0.15) is 6.04 Å². The number of hydrogen-bond donors (Lipinski definition) is 1. The van der Waals surface area contributed by atoms with E-state index in [4.69, 9.17) is 10.8 Å². The summed E-state index contributed by atoms with van der Waals surface area (Å²) in [4.78, 5) is 2.67. The second kappa shape index (κ2) is 6.53. The van der Waals surface area contributed by atoms with Gasteiger partial charge in [0.05, 0.1) is 11.8 Å². The van der Waals surface area contributed by atoms with Gasteiger partial charge in [-0.2, -0.15) is 10.4 Å². The van der Waals surface area contributed by atoms with Crippen molar-refractivity contribution in [3.8, 4) is 6.07 Å². The standard InChI is InChI=1S/C10H15N7/c1-8-9(7-17(2)15-8)10(6-11)13-4-3-5-14-16-12/h7,10,13H,3-5H2,1-2H3. The van der Waals surface area contributed by atoms with Gasteiger partial charge >= 0.3 is 0 Å². The van der Waals surface area contributed by atoms with Crippen LogP contribution in [0.1, 0.15) is 23.7 Å². The highest BCUT2D eigenvalue weighted by molar-refractivity contribution is 5.25. The van der Waals surface area contributed by atoms with Crippen LogP contribution < -0.4 is 5.32 Å². The molecule has 1 unspecified atom stereocenters. The van der Waals surface area contributed by atoms with Gasteiger partial charge in [-0.1, -0.05) is 5.11 Å². The number of rotatable bonds is 6. The van der Waals surface area contributed by atoms with Crippen LogP contribution in [-0.2, 0) is 7.05 Å². The van der Waals surface area contributed by atoms with Crippen LogP contribution in [0.25, 0.3) is 10.4 Å². The average molecular weight is 233 g/mol. The zero-order chi connectivity index (χ0) is 12.7. The van der Waals surface area contributed by atoms with Crippen molar-refractivity contribution < 1.29 is 0 Å². The lowest BCUT2D eigenvalue weighted by atomic mass is 10.1. The zero-order valence-corrected chi connectivity index (χ0v) is 9.96. The molecular formula is C10H15N7. The van der Waals surface area contributed by atoms with E-state index < -0.39 is 0 Å². The predicted molar refractivity (Wildman–Crippen MR) is 62.9 cm³/mol. The monoisotopic (exact) mass is 233 g/mol. The molecule has 0 aliphatic heterocycles. The predicted octanol–water partition coefficient (Wildman–Crippen LogP) is 1.58. The second-order valence-corrected chi connectivity index (χ2v) is 3.67. The number of nitrogens with one attached hydrogen (secondary N) is 1. The first-order chi connectivity index (χ1) is 8.19. The zero-order valence-electron chi connectivity index (χ0n) is 9.96. The molecule has 0 amide bonds. The second-order valence-electron chi connectivity index (χ2n) is 3.67. The highest BCUT2D eigenvalue weighted by Gasteiger charge is 2.14. The lowest BCUT2D eigenvalue weighted by Gasteiger charge is -2.09. The Bertz CT molecular complexity index is 450. The molecule has 0 aromatic carbocycles. The third-order valence-electron chi connectivity index (χ3n) is 2.34. The lowest BCUT2D eigenvalue weighted by molar-refractivity contribution is 0.605. The smallest absolute Gasteiger partial charge is 0.124 e. The normalized spacial score (nSPS) is 11.6. The SMILES string of the molecule is Cc1nn(C)cc1C(C#N)NCCCN=[N+]=[N-]. The largest absolute Gasteiger partial charge is 0.298 e. The van der Waals surface area contributed by atoms with Gasteiger partial charge in [-0.15, -0.1) is 0 Å². The molecule has 1 aromatic rings. The number of hydrogen-bond acceptors (Lipinski definition) is 4. The molecule has 17 heavy (non-hydrogen) atoms. The Morgan fingerprint density at radius 1 is 1.76 bits per heavy atom. The summed E-state index contributed by atoms with van der Waals surface area (Å²) in [5.74, 6) is 0. The highest BCUT2D eigenvalue weighted by Crippen LogP contribution is 2.15. The van der Waals surface area contributed by atoms with Gasteiger partial charge < -0.3 is 0 Å². The van der Waals surface area contributed by atoms with Crippen LogP contribution in [0.3, 0.4) is 0 Å². The molecule has 0 fully saturated rings. The van der Waals surface area contributed by atoms with Crippen LogP contribution in [0.5, 0.6) is 0 Å². The summed E-state index contributed by atoms with van der Waals surface area (Å²) in [5, 5.41) is 19.8. The topological polar surface area (TPSA) is 102 Å². The summed E-state index contributed by atoms with van der Waals surface area (Å²) in [5.41, 5.74) is 9.85. The molecule has 90 valence electrons. The number of nitriles is 1. The van der Waals surface area contributed by atoms with E-state index in [0.717, 1.165) is 11.3 Å². The maximum atomic E-state index is 9.08. The van der Waals surface area contributed by atoms with Gasteiger partial charge in [0.15, 0.2) is 0 Å². The summed E-state index contributed by atoms with van der Waals surface area (Å²) < 4.78 is 1.69. The molecule has 1 aromatic heterocycles. The maximum Gasteiger partial charge on any atom is 0.124 e. The van der Waals surface area contributed by atoms with Crippen molar-refractivity contribution in [1.82, 2.24) is 15.1 Å². The fourth-order valence-corrected chi connectivity index (χ4v) is 1.57. The maximum absolute atomic E-state index is 9.08. The quantitative estimate of drug-likeness (QED) is 0.349. The fourth-order valence-electron chi connectivity index (χ4n) is 1.57. The van der Waals surface area contributed by atoms with Gasteiger partial charge in [-0.3, -0.25) is 10.00 Å². The average Bonchev–Trinajstić information content (AvgIpc) is 2.63. The van der Waals surface area contributed by atoms with Crippen molar-refractivity contribution in [2.45, 2.75) is 19.4 Å². The minimum Gasteiger partial charge on any atom is -0.298 e. The first-order valence-electron chi connectivity index (χ1n) is 5.33. The molecule has 0 saturated heterocycles. The molecule has 1 atom stereocenters. The Morgan fingerprint density at radius 2 is 2.53 bits per heavy atom. The third kappa shape index (κ3) is 3.79. The van der Waals surface area contributed by atoms with E-state index in [1.54, 1.807) is 4.68 Å². The van der Waals surface area contributed by atoms with Crippen molar-refractivity contribution in [3.05, 3.63) is 27.9 Å². The lowest BCUT2D eigenvalue weighted by Crippen LogP contribution is -2.21.